The van der Waals surface area contributed by atoms with Gasteiger partial charge in [-0.2, -0.15) is 13.9 Å². The maximum atomic E-state index is 12.5. The molecule has 5 nitrogen and oxygen atoms in total. The summed E-state index contributed by atoms with van der Waals surface area (Å²) < 4.78 is 30.9. The minimum absolute atomic E-state index is 0.105. The Hall–Kier alpha value is -1.66. The van der Waals surface area contributed by atoms with Crippen LogP contribution < -0.4 is 4.74 Å². The lowest BCUT2D eigenvalue weighted by atomic mass is 10.4. The molecule has 0 saturated carbocycles. The average molecular weight is 206 g/mol. The second kappa shape index (κ2) is 3.60. The summed E-state index contributed by atoms with van der Waals surface area (Å²) in [4.78, 5) is 10.00. The van der Waals surface area contributed by atoms with Gasteiger partial charge in [0.1, 0.15) is 0 Å². The summed E-state index contributed by atoms with van der Waals surface area (Å²) in [7, 11) is 1.59. The lowest BCUT2D eigenvalue weighted by molar-refractivity contribution is -0.168. The quantitative estimate of drug-likeness (QED) is 0.779. The maximum Gasteiger partial charge on any atom is 0.378 e. The number of carbonyl (C=O) groups is 1. The van der Waals surface area contributed by atoms with Crippen molar-refractivity contribution in [2.45, 2.75) is 5.92 Å². The topological polar surface area (TPSA) is 64.3 Å². The van der Waals surface area contributed by atoms with Crippen molar-refractivity contribution in [3.8, 4) is 5.75 Å². The van der Waals surface area contributed by atoms with Crippen LogP contribution in [0.2, 0.25) is 0 Å². The van der Waals surface area contributed by atoms with Gasteiger partial charge in [0.15, 0.2) is 12.4 Å². The Morgan fingerprint density at radius 2 is 2.43 bits per heavy atom. The Kier molecular flexibility index (Phi) is 2.68. The third-order valence-electron chi connectivity index (χ3n) is 1.41. The highest BCUT2D eigenvalue weighted by Crippen LogP contribution is 2.16. The van der Waals surface area contributed by atoms with Crippen LogP contribution in [0.15, 0.2) is 12.4 Å². The Bertz CT molecular complexity index is 337. The first-order valence-corrected chi connectivity index (χ1v) is 3.64. The number of carboxylic acids is 1. The Balaban J connectivity index is 2.52. The summed E-state index contributed by atoms with van der Waals surface area (Å²) in [5, 5.41) is 11.7. The van der Waals surface area contributed by atoms with Gasteiger partial charge in [-0.25, -0.2) is 4.79 Å². The standard InChI is InChI=1S/C7H8F2N2O3/c1-11-3-5(2-10-11)14-4-7(8,9)6(12)13/h2-3H,4H2,1H3,(H,12,13). The molecule has 0 aromatic carbocycles. The fourth-order valence-electron chi connectivity index (χ4n) is 0.709. The first-order chi connectivity index (χ1) is 6.42. The zero-order valence-corrected chi connectivity index (χ0v) is 7.28. The van der Waals surface area contributed by atoms with E-state index < -0.39 is 18.5 Å². The van der Waals surface area contributed by atoms with Crippen LogP contribution in [0.25, 0.3) is 0 Å². The third kappa shape index (κ3) is 2.41. The van der Waals surface area contributed by atoms with E-state index in [0.29, 0.717) is 0 Å². The molecule has 7 heteroatoms. The Morgan fingerprint density at radius 3 is 2.86 bits per heavy atom. The zero-order chi connectivity index (χ0) is 10.8. The van der Waals surface area contributed by atoms with Crippen molar-refractivity contribution in [3.05, 3.63) is 12.4 Å². The highest BCUT2D eigenvalue weighted by Gasteiger charge is 2.40. The van der Waals surface area contributed by atoms with Gasteiger partial charge in [-0.15, -0.1) is 0 Å². The average Bonchev–Trinajstić information content (AvgIpc) is 2.48. The summed E-state index contributed by atoms with van der Waals surface area (Å²) in [5.41, 5.74) is 0. The van der Waals surface area contributed by atoms with Crippen LogP contribution in [-0.4, -0.2) is 33.4 Å². The second-order valence-electron chi connectivity index (χ2n) is 2.65. The molecule has 0 fully saturated rings. The van der Waals surface area contributed by atoms with Crippen molar-refractivity contribution < 1.29 is 23.4 Å². The smallest absolute Gasteiger partial charge is 0.378 e. The molecule has 1 aromatic heterocycles. The third-order valence-corrected chi connectivity index (χ3v) is 1.41. The normalized spacial score (nSPS) is 11.4. The van der Waals surface area contributed by atoms with Crippen LogP contribution in [0.4, 0.5) is 8.78 Å². The molecule has 0 aliphatic heterocycles. The molecule has 0 saturated heterocycles. The summed E-state index contributed by atoms with van der Waals surface area (Å²) in [6.07, 6.45) is 2.58. The number of aliphatic carboxylic acids is 1. The first kappa shape index (κ1) is 10.4. The van der Waals surface area contributed by atoms with Crippen molar-refractivity contribution in [1.29, 1.82) is 0 Å². The van der Waals surface area contributed by atoms with Crippen molar-refractivity contribution in [3.63, 3.8) is 0 Å². The maximum absolute atomic E-state index is 12.5. The molecule has 0 amide bonds. The molecule has 0 bridgehead atoms. The number of carboxylic acid groups (broad SMARTS) is 1. The molecule has 0 aliphatic rings. The number of nitrogens with zero attached hydrogens (tertiary/aromatic N) is 2. The molecule has 1 rings (SSSR count). The fraction of sp³-hybridized carbons (Fsp3) is 0.429. The van der Waals surface area contributed by atoms with E-state index in [1.165, 1.54) is 17.1 Å². The largest absolute Gasteiger partial charge is 0.483 e. The minimum atomic E-state index is -3.88. The summed E-state index contributed by atoms with van der Waals surface area (Å²) in [6, 6.07) is 0. The zero-order valence-electron chi connectivity index (χ0n) is 7.28. The van der Waals surface area contributed by atoms with Gasteiger partial charge in [-0.05, 0) is 0 Å². The van der Waals surface area contributed by atoms with E-state index in [-0.39, 0.29) is 5.75 Å². The predicted molar refractivity (Wildman–Crippen MR) is 41.3 cm³/mol. The van der Waals surface area contributed by atoms with Crippen LogP contribution in [0, 0.1) is 0 Å². The number of rotatable bonds is 4. The second-order valence-corrected chi connectivity index (χ2v) is 2.65. The first-order valence-electron chi connectivity index (χ1n) is 3.64. The molecule has 0 aliphatic carbocycles. The van der Waals surface area contributed by atoms with Gasteiger partial charge < -0.3 is 9.84 Å². The number of hydrogen-bond donors (Lipinski definition) is 1. The predicted octanol–water partition coefficient (Wildman–Crippen LogP) is 0.519. The van der Waals surface area contributed by atoms with Gasteiger partial charge in [-0.1, -0.05) is 0 Å². The van der Waals surface area contributed by atoms with Gasteiger partial charge in [0.05, 0.1) is 12.4 Å². The van der Waals surface area contributed by atoms with Crippen LogP contribution in [0.3, 0.4) is 0 Å². The van der Waals surface area contributed by atoms with Crippen molar-refractivity contribution in [1.82, 2.24) is 9.78 Å². The number of halogens is 2. The summed E-state index contributed by atoms with van der Waals surface area (Å²) in [5.74, 6) is -5.98. The number of alkyl halides is 2. The van der Waals surface area contributed by atoms with E-state index in [9.17, 15) is 13.6 Å². The number of hydrogen-bond acceptors (Lipinski definition) is 3. The van der Waals surface area contributed by atoms with Gasteiger partial charge in [0, 0.05) is 7.05 Å². The summed E-state index contributed by atoms with van der Waals surface area (Å²) in [6.45, 7) is -1.20. The molecule has 1 aromatic rings. The molecule has 14 heavy (non-hydrogen) atoms. The lowest BCUT2D eigenvalue weighted by Crippen LogP contribution is -2.34. The molecule has 0 atom stereocenters. The van der Waals surface area contributed by atoms with Crippen LogP contribution in [0.5, 0.6) is 5.75 Å². The van der Waals surface area contributed by atoms with E-state index in [2.05, 4.69) is 9.84 Å². The van der Waals surface area contributed by atoms with E-state index in [1.807, 2.05) is 0 Å². The highest BCUT2D eigenvalue weighted by molar-refractivity contribution is 5.75. The van der Waals surface area contributed by atoms with Crippen LogP contribution in [0.1, 0.15) is 0 Å². The van der Waals surface area contributed by atoms with Crippen molar-refractivity contribution >= 4 is 5.97 Å². The van der Waals surface area contributed by atoms with E-state index in [4.69, 9.17) is 5.11 Å². The van der Waals surface area contributed by atoms with Crippen molar-refractivity contribution in [2.24, 2.45) is 7.05 Å². The summed E-state index contributed by atoms with van der Waals surface area (Å²) >= 11 is 0. The molecular formula is C7H8F2N2O3. The van der Waals surface area contributed by atoms with Crippen molar-refractivity contribution in [2.75, 3.05) is 6.61 Å². The van der Waals surface area contributed by atoms with Gasteiger partial charge in [0.25, 0.3) is 0 Å². The minimum Gasteiger partial charge on any atom is -0.483 e. The molecule has 0 unspecified atom stereocenters. The van der Waals surface area contributed by atoms with Crippen LogP contribution in [-0.2, 0) is 11.8 Å². The molecule has 1 heterocycles. The molecule has 0 radical (unpaired) electrons. The molecule has 1 N–H and O–H groups in total. The fourth-order valence-corrected chi connectivity index (χ4v) is 0.709. The monoisotopic (exact) mass is 206 g/mol. The Labute approximate surface area is 77.9 Å². The Morgan fingerprint density at radius 1 is 1.79 bits per heavy atom. The lowest BCUT2D eigenvalue weighted by Gasteiger charge is -2.10. The van der Waals surface area contributed by atoms with Gasteiger partial charge in [0.2, 0.25) is 0 Å². The molecule has 0 spiro atoms. The van der Waals surface area contributed by atoms with Crippen LogP contribution >= 0.6 is 0 Å². The van der Waals surface area contributed by atoms with Gasteiger partial charge in [-0.3, -0.25) is 4.68 Å². The van der Waals surface area contributed by atoms with Gasteiger partial charge >= 0.3 is 11.9 Å². The number of aryl methyl sites for hydroxylation is 1. The highest BCUT2D eigenvalue weighted by atomic mass is 19.3. The van der Waals surface area contributed by atoms with E-state index in [0.717, 1.165) is 0 Å². The number of aromatic nitrogens is 2. The van der Waals surface area contributed by atoms with E-state index >= 15 is 0 Å². The van der Waals surface area contributed by atoms with E-state index in [1.54, 1.807) is 7.05 Å². The molecule has 78 valence electrons. The molecular weight excluding hydrogens is 198 g/mol. The SMILES string of the molecule is Cn1cc(OCC(F)(F)C(=O)O)cn1. The number of ether oxygens (including phenoxy) is 1.